The Balaban J connectivity index is 1.21. The smallest absolute Gasteiger partial charge is 0.145 e. The van der Waals surface area contributed by atoms with E-state index in [-0.39, 0.29) is 17.6 Å². The van der Waals surface area contributed by atoms with E-state index in [2.05, 4.69) is 15.0 Å². The van der Waals surface area contributed by atoms with Crippen LogP contribution in [0.3, 0.4) is 0 Å². The van der Waals surface area contributed by atoms with E-state index in [1.165, 1.54) is 6.33 Å². The van der Waals surface area contributed by atoms with Crippen LogP contribution in [0.1, 0.15) is 25.3 Å². The van der Waals surface area contributed by atoms with Gasteiger partial charge in [0.15, 0.2) is 0 Å². The molecule has 6 rings (SSSR count). The first-order valence-electron chi connectivity index (χ1n) is 9.97. The van der Waals surface area contributed by atoms with Crippen LogP contribution in [-0.4, -0.2) is 48.0 Å². The number of aliphatic hydroxyl groups excluding tert-OH is 2. The molecule has 1 aromatic carbocycles. The average Bonchev–Trinajstić information content (AvgIpc) is 3.41. The number of aromatic nitrogens is 4. The van der Waals surface area contributed by atoms with Crippen molar-refractivity contribution in [2.24, 2.45) is 5.41 Å². The fraction of sp³-hybridized carbons (Fsp3) is 0.381. The van der Waals surface area contributed by atoms with Crippen LogP contribution in [0.5, 0.6) is 5.75 Å². The highest BCUT2D eigenvalue weighted by atomic mass is 32.1. The minimum atomic E-state index is -0.871. The van der Waals surface area contributed by atoms with Crippen molar-refractivity contribution >= 4 is 38.4 Å². The lowest BCUT2D eigenvalue weighted by Crippen LogP contribution is -2.50. The summed E-state index contributed by atoms with van der Waals surface area (Å²) in [6.45, 7) is 0. The van der Waals surface area contributed by atoms with Gasteiger partial charge >= 0.3 is 0 Å². The standard InChI is InChI=1S/C21H21N5O3S/c22-19-13-3-4-26(20(13)24-9-23-19)15-8-21(18(28)17(15)27)6-12(7-21)29-11-1-2-16-14(5-11)25-10-30-16/h1-5,9-10,12,15,17-18,27-28H,6-8H2,(H2,22,23,24)/t12-,15-,17+,18+,21+/m1/s1. The van der Waals surface area contributed by atoms with Crippen molar-refractivity contribution < 1.29 is 14.9 Å². The lowest BCUT2D eigenvalue weighted by molar-refractivity contribution is -0.105. The number of hydrogen-bond donors (Lipinski definition) is 3. The number of nitrogens with zero attached hydrogens (tertiary/aromatic N) is 4. The van der Waals surface area contributed by atoms with E-state index in [4.69, 9.17) is 10.5 Å². The topological polar surface area (TPSA) is 119 Å². The third-order valence-electron chi connectivity index (χ3n) is 6.73. The van der Waals surface area contributed by atoms with Gasteiger partial charge in [-0.05, 0) is 37.5 Å². The number of nitrogens with two attached hydrogens (primary N) is 1. The number of rotatable bonds is 3. The van der Waals surface area contributed by atoms with Gasteiger partial charge in [0.25, 0.3) is 0 Å². The minimum Gasteiger partial charge on any atom is -0.490 e. The van der Waals surface area contributed by atoms with Crippen LogP contribution >= 0.6 is 11.3 Å². The molecule has 9 heteroatoms. The number of nitrogen functional groups attached to an aromatic ring is 1. The van der Waals surface area contributed by atoms with E-state index in [0.717, 1.165) is 21.4 Å². The maximum absolute atomic E-state index is 10.9. The number of anilines is 1. The highest BCUT2D eigenvalue weighted by Crippen LogP contribution is 2.57. The second kappa shape index (κ2) is 6.37. The predicted molar refractivity (Wildman–Crippen MR) is 113 cm³/mol. The summed E-state index contributed by atoms with van der Waals surface area (Å²) < 4.78 is 9.19. The Bertz CT molecular complexity index is 1250. The van der Waals surface area contributed by atoms with Crippen molar-refractivity contribution in [3.8, 4) is 5.75 Å². The molecule has 0 radical (unpaired) electrons. The number of fused-ring (bicyclic) bond motifs is 2. The van der Waals surface area contributed by atoms with Crippen LogP contribution in [0.25, 0.3) is 21.3 Å². The zero-order chi connectivity index (χ0) is 20.5. The van der Waals surface area contributed by atoms with Gasteiger partial charge in [-0.25, -0.2) is 15.0 Å². The summed E-state index contributed by atoms with van der Waals surface area (Å²) in [6, 6.07) is 7.53. The summed E-state index contributed by atoms with van der Waals surface area (Å²) in [5.41, 5.74) is 9.03. The van der Waals surface area contributed by atoms with E-state index in [0.29, 0.717) is 30.7 Å². The first kappa shape index (κ1) is 18.1. The largest absolute Gasteiger partial charge is 0.490 e. The zero-order valence-electron chi connectivity index (χ0n) is 16.0. The molecule has 154 valence electrons. The van der Waals surface area contributed by atoms with Crippen LogP contribution in [0.4, 0.5) is 5.82 Å². The Kier molecular flexibility index (Phi) is 3.83. The molecule has 0 saturated heterocycles. The second-order valence-corrected chi connectivity index (χ2v) is 9.30. The molecule has 30 heavy (non-hydrogen) atoms. The van der Waals surface area contributed by atoms with Crippen LogP contribution in [0.2, 0.25) is 0 Å². The van der Waals surface area contributed by atoms with Gasteiger partial charge in [-0.3, -0.25) is 0 Å². The van der Waals surface area contributed by atoms with Gasteiger partial charge in [0.05, 0.1) is 39.4 Å². The van der Waals surface area contributed by atoms with Gasteiger partial charge in [0.1, 0.15) is 29.6 Å². The van der Waals surface area contributed by atoms with Crippen LogP contribution in [0.15, 0.2) is 42.3 Å². The lowest BCUT2D eigenvalue weighted by atomic mass is 9.64. The molecular weight excluding hydrogens is 402 g/mol. The van der Waals surface area contributed by atoms with E-state index in [1.807, 2.05) is 40.5 Å². The highest BCUT2D eigenvalue weighted by Gasteiger charge is 2.60. The average molecular weight is 423 g/mol. The second-order valence-electron chi connectivity index (χ2n) is 8.42. The molecule has 3 atom stereocenters. The maximum Gasteiger partial charge on any atom is 0.145 e. The SMILES string of the molecule is Nc1ncnc2c1ccn2[C@@H]1C[C@]2(C[C@H](Oc3ccc4scnc4c3)C2)[C@@H](O)[C@H]1O. The first-order valence-corrected chi connectivity index (χ1v) is 10.9. The molecular formula is C21H21N5O3S. The molecule has 1 spiro atoms. The van der Waals surface area contributed by atoms with Crippen LogP contribution in [-0.2, 0) is 0 Å². The zero-order valence-corrected chi connectivity index (χ0v) is 16.9. The molecule has 2 aliphatic rings. The van der Waals surface area contributed by atoms with Crippen LogP contribution < -0.4 is 10.5 Å². The molecule has 8 nitrogen and oxygen atoms in total. The van der Waals surface area contributed by atoms with Gasteiger partial charge < -0.3 is 25.3 Å². The van der Waals surface area contributed by atoms with Crippen molar-refractivity contribution in [3.63, 3.8) is 0 Å². The van der Waals surface area contributed by atoms with Crippen molar-refractivity contribution in [1.29, 1.82) is 0 Å². The maximum atomic E-state index is 10.9. The first-order chi connectivity index (χ1) is 14.5. The van der Waals surface area contributed by atoms with Gasteiger partial charge in [-0.2, -0.15) is 0 Å². The molecule has 4 aromatic rings. The highest BCUT2D eigenvalue weighted by molar-refractivity contribution is 7.16. The Morgan fingerprint density at radius 2 is 2.00 bits per heavy atom. The molecule has 0 bridgehead atoms. The third kappa shape index (κ3) is 2.55. The monoisotopic (exact) mass is 423 g/mol. The fourth-order valence-electron chi connectivity index (χ4n) is 5.19. The molecule has 0 aliphatic heterocycles. The van der Waals surface area contributed by atoms with Crippen molar-refractivity contribution in [2.75, 3.05) is 5.73 Å². The van der Waals surface area contributed by atoms with Gasteiger partial charge in [-0.1, -0.05) is 0 Å². The number of benzene rings is 1. The van der Waals surface area contributed by atoms with Gasteiger partial charge in [0.2, 0.25) is 0 Å². The van der Waals surface area contributed by atoms with Crippen molar-refractivity contribution in [2.45, 2.75) is 43.6 Å². The summed E-state index contributed by atoms with van der Waals surface area (Å²) in [5.74, 6) is 1.21. The van der Waals surface area contributed by atoms with Crippen molar-refractivity contribution in [3.05, 3.63) is 42.3 Å². The van der Waals surface area contributed by atoms with Crippen LogP contribution in [0, 0.1) is 5.41 Å². The van der Waals surface area contributed by atoms with E-state index in [9.17, 15) is 10.2 Å². The Labute approximate surface area is 176 Å². The normalized spacial score (nSPS) is 30.9. The molecule has 2 saturated carbocycles. The quantitative estimate of drug-likeness (QED) is 0.463. The summed E-state index contributed by atoms with van der Waals surface area (Å²) in [7, 11) is 0. The summed E-state index contributed by atoms with van der Waals surface area (Å²) in [5, 5.41) is 22.5. The molecule has 4 N–H and O–H groups in total. The van der Waals surface area contributed by atoms with E-state index >= 15 is 0 Å². The fourth-order valence-corrected chi connectivity index (χ4v) is 5.85. The molecule has 2 fully saturated rings. The van der Waals surface area contributed by atoms with Crippen molar-refractivity contribution in [1.82, 2.24) is 19.5 Å². The third-order valence-corrected chi connectivity index (χ3v) is 7.54. The number of ether oxygens (including phenoxy) is 1. The van der Waals surface area contributed by atoms with Gasteiger partial charge in [-0.15, -0.1) is 11.3 Å². The predicted octanol–water partition coefficient (Wildman–Crippen LogP) is 2.52. The molecule has 2 aliphatic carbocycles. The number of thiazole rings is 1. The Hall–Kier alpha value is -2.75. The summed E-state index contributed by atoms with van der Waals surface area (Å²) in [4.78, 5) is 12.7. The molecule has 0 amide bonds. The lowest BCUT2D eigenvalue weighted by Gasteiger charge is -2.47. The molecule has 3 heterocycles. The van der Waals surface area contributed by atoms with E-state index in [1.54, 1.807) is 11.3 Å². The van der Waals surface area contributed by atoms with E-state index < -0.39 is 12.2 Å². The molecule has 0 unspecified atom stereocenters. The number of hydrogen-bond acceptors (Lipinski definition) is 8. The minimum absolute atomic E-state index is 0.0149. The van der Waals surface area contributed by atoms with Gasteiger partial charge in [0, 0.05) is 17.7 Å². The molecule has 3 aromatic heterocycles. The Morgan fingerprint density at radius 1 is 1.13 bits per heavy atom. The number of aliphatic hydroxyl groups is 2. The summed E-state index contributed by atoms with van der Waals surface area (Å²) >= 11 is 1.60. The Morgan fingerprint density at radius 3 is 2.87 bits per heavy atom. The summed E-state index contributed by atoms with van der Waals surface area (Å²) in [6.07, 6.45) is 3.69.